The predicted octanol–water partition coefficient (Wildman–Crippen LogP) is -0.484. The van der Waals surface area contributed by atoms with Gasteiger partial charge in [-0.05, 0) is 36.4 Å². The molecule has 2 N–H and O–H groups in total. The highest BCUT2D eigenvalue weighted by molar-refractivity contribution is 5.26. The SMILES string of the molecule is CC[NH+]1CC[NH+]([C@@H](c2ccc(C)cc2)c2nnnn2Cc2ccco2)CC1. The van der Waals surface area contributed by atoms with Crippen LogP contribution in [0, 0.1) is 6.92 Å². The number of hydrogen-bond acceptors (Lipinski definition) is 4. The minimum atomic E-state index is 0.133. The first-order valence-corrected chi connectivity index (χ1v) is 9.77. The molecule has 0 aliphatic carbocycles. The number of furan rings is 1. The minimum absolute atomic E-state index is 0.133. The fourth-order valence-electron chi connectivity index (χ4n) is 3.97. The molecule has 3 aromatic rings. The average Bonchev–Trinajstić information content (AvgIpc) is 3.37. The first-order valence-electron chi connectivity index (χ1n) is 9.77. The summed E-state index contributed by atoms with van der Waals surface area (Å²) in [6, 6.07) is 12.8. The van der Waals surface area contributed by atoms with E-state index in [0.717, 1.165) is 24.7 Å². The van der Waals surface area contributed by atoms with Gasteiger partial charge in [0, 0.05) is 5.56 Å². The minimum Gasteiger partial charge on any atom is -0.467 e. The standard InChI is InChI=1S/C20H26N6O/c1-3-24-10-12-25(13-11-24)19(17-8-6-16(2)7-9-17)20-21-22-23-26(20)15-18-5-4-14-27-18/h4-9,14,19H,3,10-13,15H2,1-2H3/p+2/t19-/m0/s1. The van der Waals surface area contributed by atoms with Crippen molar-refractivity contribution in [2.24, 2.45) is 0 Å². The summed E-state index contributed by atoms with van der Waals surface area (Å²) in [5.41, 5.74) is 2.54. The molecule has 142 valence electrons. The van der Waals surface area contributed by atoms with Crippen LogP contribution in [0.2, 0.25) is 0 Å². The third-order valence-electron chi connectivity index (χ3n) is 5.62. The van der Waals surface area contributed by atoms with Gasteiger partial charge in [0.1, 0.15) is 38.5 Å². The molecule has 0 radical (unpaired) electrons. The van der Waals surface area contributed by atoms with Crippen LogP contribution in [-0.2, 0) is 6.54 Å². The van der Waals surface area contributed by atoms with Gasteiger partial charge < -0.3 is 14.2 Å². The van der Waals surface area contributed by atoms with Crippen molar-refractivity contribution in [2.75, 3.05) is 32.7 Å². The summed E-state index contributed by atoms with van der Waals surface area (Å²) >= 11 is 0. The van der Waals surface area contributed by atoms with E-state index in [4.69, 9.17) is 4.42 Å². The number of nitrogens with zero attached hydrogens (tertiary/aromatic N) is 4. The van der Waals surface area contributed by atoms with Crippen LogP contribution < -0.4 is 9.80 Å². The Hall–Kier alpha value is -2.51. The predicted molar refractivity (Wildman–Crippen MR) is 101 cm³/mol. The second-order valence-corrected chi connectivity index (χ2v) is 7.38. The molecular weight excluding hydrogens is 340 g/mol. The van der Waals surface area contributed by atoms with Gasteiger partial charge in [-0.1, -0.05) is 29.8 Å². The number of aryl methyl sites for hydroxylation is 1. The Bertz CT molecular complexity index is 834. The van der Waals surface area contributed by atoms with Crippen molar-refractivity contribution in [3.63, 3.8) is 0 Å². The zero-order valence-corrected chi connectivity index (χ0v) is 16.1. The van der Waals surface area contributed by atoms with E-state index in [0.29, 0.717) is 6.54 Å². The molecule has 0 spiro atoms. The molecule has 1 aromatic carbocycles. The topological polar surface area (TPSA) is 65.6 Å². The van der Waals surface area contributed by atoms with E-state index >= 15 is 0 Å². The number of hydrogen-bond donors (Lipinski definition) is 2. The van der Waals surface area contributed by atoms with Gasteiger partial charge in [0.05, 0.1) is 12.8 Å². The number of tetrazole rings is 1. The number of likely N-dealkylation sites (N-methyl/N-ethyl adjacent to an activating group) is 1. The number of nitrogens with one attached hydrogen (secondary N) is 2. The van der Waals surface area contributed by atoms with E-state index in [-0.39, 0.29) is 6.04 Å². The second kappa shape index (κ2) is 8.02. The van der Waals surface area contributed by atoms with Crippen molar-refractivity contribution >= 4 is 0 Å². The molecule has 0 unspecified atom stereocenters. The molecule has 1 aliphatic rings. The molecular formula is C20H28N6O+2. The van der Waals surface area contributed by atoms with Crippen LogP contribution >= 0.6 is 0 Å². The summed E-state index contributed by atoms with van der Waals surface area (Å²) in [6.45, 7) is 10.8. The third kappa shape index (κ3) is 3.94. The summed E-state index contributed by atoms with van der Waals surface area (Å²) in [7, 11) is 0. The molecule has 0 bridgehead atoms. The van der Waals surface area contributed by atoms with E-state index in [2.05, 4.69) is 53.6 Å². The van der Waals surface area contributed by atoms with Crippen molar-refractivity contribution in [1.82, 2.24) is 20.2 Å². The monoisotopic (exact) mass is 368 g/mol. The van der Waals surface area contributed by atoms with Crippen molar-refractivity contribution in [3.8, 4) is 0 Å². The lowest BCUT2D eigenvalue weighted by Gasteiger charge is -2.33. The first kappa shape index (κ1) is 17.9. The maximum absolute atomic E-state index is 5.51. The smallest absolute Gasteiger partial charge is 0.214 e. The fourth-order valence-corrected chi connectivity index (χ4v) is 3.97. The molecule has 1 atom stereocenters. The lowest BCUT2D eigenvalue weighted by Crippen LogP contribution is -3.28. The molecule has 4 rings (SSSR count). The van der Waals surface area contributed by atoms with Crippen molar-refractivity contribution < 1.29 is 14.2 Å². The molecule has 0 saturated carbocycles. The van der Waals surface area contributed by atoms with E-state index in [1.165, 1.54) is 35.7 Å². The van der Waals surface area contributed by atoms with Crippen LogP contribution in [0.4, 0.5) is 0 Å². The Balaban J connectivity index is 1.66. The molecule has 1 fully saturated rings. The lowest BCUT2D eigenvalue weighted by atomic mass is 10.0. The molecule has 0 amide bonds. The maximum Gasteiger partial charge on any atom is 0.214 e. The first-order chi connectivity index (χ1) is 13.2. The average molecular weight is 368 g/mol. The van der Waals surface area contributed by atoms with E-state index in [9.17, 15) is 0 Å². The molecule has 27 heavy (non-hydrogen) atoms. The Morgan fingerprint density at radius 3 is 2.56 bits per heavy atom. The second-order valence-electron chi connectivity index (χ2n) is 7.38. The number of quaternary nitrogens is 2. The highest BCUT2D eigenvalue weighted by atomic mass is 16.3. The molecule has 1 aliphatic heterocycles. The van der Waals surface area contributed by atoms with Crippen LogP contribution in [0.1, 0.15) is 35.7 Å². The van der Waals surface area contributed by atoms with Crippen LogP contribution in [0.3, 0.4) is 0 Å². The maximum atomic E-state index is 5.51. The van der Waals surface area contributed by atoms with E-state index in [1.54, 1.807) is 11.2 Å². The highest BCUT2D eigenvalue weighted by Gasteiger charge is 2.35. The number of piperazine rings is 1. The Morgan fingerprint density at radius 2 is 1.89 bits per heavy atom. The summed E-state index contributed by atoms with van der Waals surface area (Å²) in [5, 5.41) is 12.7. The highest BCUT2D eigenvalue weighted by Crippen LogP contribution is 2.18. The molecule has 3 heterocycles. The molecule has 2 aromatic heterocycles. The van der Waals surface area contributed by atoms with Gasteiger partial charge in [0.2, 0.25) is 5.82 Å². The Morgan fingerprint density at radius 1 is 1.11 bits per heavy atom. The van der Waals surface area contributed by atoms with Crippen LogP contribution in [0.5, 0.6) is 0 Å². The van der Waals surface area contributed by atoms with Gasteiger partial charge in [-0.25, -0.2) is 4.68 Å². The summed E-state index contributed by atoms with van der Waals surface area (Å²) in [5.74, 6) is 1.77. The number of benzene rings is 1. The fraction of sp³-hybridized carbons (Fsp3) is 0.450. The lowest BCUT2D eigenvalue weighted by molar-refractivity contribution is -1.02. The van der Waals surface area contributed by atoms with Gasteiger partial charge in [-0.15, -0.1) is 5.10 Å². The van der Waals surface area contributed by atoms with Gasteiger partial charge in [-0.2, -0.15) is 0 Å². The quantitative estimate of drug-likeness (QED) is 0.617. The van der Waals surface area contributed by atoms with Gasteiger partial charge in [0.25, 0.3) is 0 Å². The summed E-state index contributed by atoms with van der Waals surface area (Å²) < 4.78 is 7.39. The molecule has 7 nitrogen and oxygen atoms in total. The van der Waals surface area contributed by atoms with Gasteiger partial charge in [-0.3, -0.25) is 0 Å². The molecule has 7 heteroatoms. The summed E-state index contributed by atoms with van der Waals surface area (Å²) in [6.07, 6.45) is 1.69. The number of aromatic nitrogens is 4. The Kier molecular flexibility index (Phi) is 5.31. The van der Waals surface area contributed by atoms with Crippen LogP contribution in [-0.4, -0.2) is 52.9 Å². The third-order valence-corrected chi connectivity index (χ3v) is 5.62. The Labute approximate surface area is 159 Å². The van der Waals surface area contributed by atoms with Crippen molar-refractivity contribution in [1.29, 1.82) is 0 Å². The normalized spacial score (nSPS) is 21.3. The zero-order chi connectivity index (χ0) is 18.6. The van der Waals surface area contributed by atoms with E-state index in [1.807, 2.05) is 16.8 Å². The molecule has 1 saturated heterocycles. The van der Waals surface area contributed by atoms with Crippen molar-refractivity contribution in [3.05, 3.63) is 65.4 Å². The largest absolute Gasteiger partial charge is 0.467 e. The summed E-state index contributed by atoms with van der Waals surface area (Å²) in [4.78, 5) is 3.21. The number of rotatable bonds is 6. The van der Waals surface area contributed by atoms with Gasteiger partial charge >= 0.3 is 0 Å². The van der Waals surface area contributed by atoms with Crippen molar-refractivity contribution in [2.45, 2.75) is 26.4 Å². The van der Waals surface area contributed by atoms with Crippen LogP contribution in [0.15, 0.2) is 47.1 Å². The zero-order valence-electron chi connectivity index (χ0n) is 16.1. The van der Waals surface area contributed by atoms with Gasteiger partial charge in [0.15, 0.2) is 6.04 Å². The van der Waals surface area contributed by atoms with Crippen LogP contribution in [0.25, 0.3) is 0 Å². The van der Waals surface area contributed by atoms with E-state index < -0.39 is 0 Å².